The molecule has 1 aromatic carbocycles. The second-order valence-electron chi connectivity index (χ2n) is 9.04. The lowest BCUT2D eigenvalue weighted by Gasteiger charge is -2.17. The Hall–Kier alpha value is -2.32. The lowest BCUT2D eigenvalue weighted by molar-refractivity contribution is -0.119. The first kappa shape index (κ1) is 23.4. The van der Waals surface area contributed by atoms with Gasteiger partial charge in [0.1, 0.15) is 10.6 Å². The third-order valence-electron chi connectivity index (χ3n) is 6.67. The molecule has 1 saturated carbocycles. The summed E-state index contributed by atoms with van der Waals surface area (Å²) in [6, 6.07) is 7.80. The average molecular weight is 498 g/mol. The molecule has 0 unspecified atom stereocenters. The van der Waals surface area contributed by atoms with Crippen molar-refractivity contribution < 1.29 is 9.53 Å². The number of thioether (sulfide) groups is 1. The molecule has 0 radical (unpaired) electrons. The van der Waals surface area contributed by atoms with Crippen molar-refractivity contribution in [3.8, 4) is 11.4 Å². The van der Waals surface area contributed by atoms with Crippen LogP contribution in [-0.2, 0) is 17.6 Å². The van der Waals surface area contributed by atoms with Gasteiger partial charge in [-0.1, -0.05) is 37.4 Å². The minimum Gasteiger partial charge on any atom is -0.494 e. The zero-order chi connectivity index (χ0) is 23.5. The van der Waals surface area contributed by atoms with Gasteiger partial charge in [-0.2, -0.15) is 0 Å². The SMILES string of the molecule is CCOc1ccc(-n2c(SCC(=O)NC3CCCCCC3)nc3sc4c(c3c2=O)CCC4)cc1. The van der Waals surface area contributed by atoms with E-state index in [0.29, 0.717) is 11.8 Å². The summed E-state index contributed by atoms with van der Waals surface area (Å²) in [7, 11) is 0. The molecule has 34 heavy (non-hydrogen) atoms. The van der Waals surface area contributed by atoms with Crippen LogP contribution in [0.1, 0.15) is 62.3 Å². The number of nitrogens with zero attached hydrogens (tertiary/aromatic N) is 2. The molecule has 2 aliphatic rings. The quantitative estimate of drug-likeness (QED) is 0.274. The van der Waals surface area contributed by atoms with E-state index in [1.165, 1.54) is 47.9 Å². The van der Waals surface area contributed by atoms with E-state index >= 15 is 0 Å². The van der Waals surface area contributed by atoms with Crippen molar-refractivity contribution in [1.82, 2.24) is 14.9 Å². The number of aromatic nitrogens is 2. The third kappa shape index (κ3) is 4.89. The summed E-state index contributed by atoms with van der Waals surface area (Å²) in [5.74, 6) is 1.02. The molecule has 0 aliphatic heterocycles. The smallest absolute Gasteiger partial charge is 0.267 e. The van der Waals surface area contributed by atoms with Crippen LogP contribution >= 0.6 is 23.1 Å². The number of rotatable bonds is 7. The Morgan fingerprint density at radius 2 is 1.91 bits per heavy atom. The summed E-state index contributed by atoms with van der Waals surface area (Å²) in [4.78, 5) is 33.5. The predicted octanol–water partition coefficient (Wildman–Crippen LogP) is 5.27. The van der Waals surface area contributed by atoms with Crippen LogP contribution in [-0.4, -0.2) is 33.9 Å². The molecule has 0 spiro atoms. The van der Waals surface area contributed by atoms with Gasteiger partial charge in [-0.05, 0) is 68.9 Å². The van der Waals surface area contributed by atoms with Gasteiger partial charge in [0.25, 0.3) is 5.56 Å². The number of carbonyl (C=O) groups is 1. The van der Waals surface area contributed by atoms with E-state index in [1.807, 2.05) is 31.2 Å². The van der Waals surface area contributed by atoms with Gasteiger partial charge in [-0.25, -0.2) is 4.98 Å². The Kier molecular flexibility index (Phi) is 7.25. The van der Waals surface area contributed by atoms with Crippen molar-refractivity contribution in [2.45, 2.75) is 75.9 Å². The van der Waals surface area contributed by atoms with Crippen LogP contribution < -0.4 is 15.6 Å². The fraction of sp³-hybridized carbons (Fsp3) is 0.500. The zero-order valence-corrected chi connectivity index (χ0v) is 21.2. The van der Waals surface area contributed by atoms with Gasteiger partial charge in [-0.15, -0.1) is 11.3 Å². The van der Waals surface area contributed by atoms with Gasteiger partial charge in [-0.3, -0.25) is 14.2 Å². The van der Waals surface area contributed by atoms with Crippen molar-refractivity contribution in [1.29, 1.82) is 0 Å². The Balaban J connectivity index is 1.45. The molecule has 0 atom stereocenters. The standard InChI is InChI=1S/C26H31N3O3S2/c1-2-32-19-14-12-18(13-15-19)29-25(31)23-20-10-7-11-21(20)34-24(23)28-26(29)33-16-22(30)27-17-8-5-3-4-6-9-17/h12-15,17H,2-11,16H2,1H3,(H,27,30). The Bertz CT molecular complexity index is 1220. The molecule has 2 aliphatic carbocycles. The van der Waals surface area contributed by atoms with E-state index in [0.717, 1.165) is 53.8 Å². The van der Waals surface area contributed by atoms with Crippen LogP contribution in [0.25, 0.3) is 15.9 Å². The second-order valence-corrected chi connectivity index (χ2v) is 11.1. The molecular formula is C26H31N3O3S2. The number of thiophene rings is 1. The van der Waals surface area contributed by atoms with Crippen molar-refractivity contribution in [2.24, 2.45) is 0 Å². The van der Waals surface area contributed by atoms with Gasteiger partial charge in [0, 0.05) is 10.9 Å². The van der Waals surface area contributed by atoms with Crippen LogP contribution in [0.3, 0.4) is 0 Å². The molecule has 180 valence electrons. The van der Waals surface area contributed by atoms with Gasteiger partial charge in [0.05, 0.1) is 23.4 Å². The minimum absolute atomic E-state index is 0.0122. The van der Waals surface area contributed by atoms with Crippen molar-refractivity contribution in [3.63, 3.8) is 0 Å². The van der Waals surface area contributed by atoms with E-state index in [-0.39, 0.29) is 23.3 Å². The molecule has 3 aromatic rings. The number of aryl methyl sites for hydroxylation is 2. The molecule has 1 fully saturated rings. The number of hydrogen-bond acceptors (Lipinski definition) is 6. The molecule has 8 heteroatoms. The summed E-state index contributed by atoms with van der Waals surface area (Å²) in [5.41, 5.74) is 1.87. The second kappa shape index (κ2) is 10.5. The molecule has 1 amide bonds. The Labute approximate surface area is 208 Å². The maximum absolute atomic E-state index is 13.8. The zero-order valence-electron chi connectivity index (χ0n) is 19.6. The molecule has 6 nitrogen and oxygen atoms in total. The molecule has 2 aromatic heterocycles. The molecule has 5 rings (SSSR count). The van der Waals surface area contributed by atoms with Crippen molar-refractivity contribution in [3.05, 3.63) is 45.1 Å². The number of amides is 1. The fourth-order valence-corrected chi connectivity index (χ4v) is 7.16. The van der Waals surface area contributed by atoms with Crippen molar-refractivity contribution in [2.75, 3.05) is 12.4 Å². The summed E-state index contributed by atoms with van der Waals surface area (Å²) in [5, 5.41) is 4.52. The van der Waals surface area contributed by atoms with Crippen molar-refractivity contribution >= 4 is 39.2 Å². The number of carbonyl (C=O) groups excluding carboxylic acids is 1. The molecule has 1 N–H and O–H groups in total. The summed E-state index contributed by atoms with van der Waals surface area (Å²) in [6.07, 6.45) is 10.0. The fourth-order valence-electron chi connectivity index (χ4n) is 5.03. The van der Waals surface area contributed by atoms with Gasteiger partial charge in [0.2, 0.25) is 5.91 Å². The van der Waals surface area contributed by atoms with E-state index in [4.69, 9.17) is 9.72 Å². The van der Waals surface area contributed by atoms with Gasteiger partial charge < -0.3 is 10.1 Å². The minimum atomic E-state index is -0.0414. The first-order chi connectivity index (χ1) is 16.6. The number of hydrogen-bond donors (Lipinski definition) is 1. The first-order valence-corrected chi connectivity index (χ1v) is 14.2. The highest BCUT2D eigenvalue weighted by Gasteiger charge is 2.24. The van der Waals surface area contributed by atoms with Crippen LogP contribution in [0.5, 0.6) is 5.75 Å². The normalized spacial score (nSPS) is 16.4. The first-order valence-electron chi connectivity index (χ1n) is 12.4. The van der Waals surface area contributed by atoms with Gasteiger partial charge in [0.15, 0.2) is 5.16 Å². The molecule has 0 bridgehead atoms. The maximum atomic E-state index is 13.8. The topological polar surface area (TPSA) is 73.2 Å². The highest BCUT2D eigenvalue weighted by Crippen LogP contribution is 2.36. The number of fused-ring (bicyclic) bond motifs is 3. The molecule has 0 saturated heterocycles. The van der Waals surface area contributed by atoms with E-state index in [2.05, 4.69) is 5.32 Å². The lowest BCUT2D eigenvalue weighted by atomic mass is 10.1. The predicted molar refractivity (Wildman–Crippen MR) is 139 cm³/mol. The summed E-state index contributed by atoms with van der Waals surface area (Å²) < 4.78 is 7.25. The van der Waals surface area contributed by atoms with E-state index in [1.54, 1.807) is 15.9 Å². The maximum Gasteiger partial charge on any atom is 0.267 e. The third-order valence-corrected chi connectivity index (χ3v) is 8.79. The number of ether oxygens (including phenoxy) is 1. The summed E-state index contributed by atoms with van der Waals surface area (Å²) in [6.45, 7) is 2.54. The summed E-state index contributed by atoms with van der Waals surface area (Å²) >= 11 is 2.98. The van der Waals surface area contributed by atoms with Crippen LogP contribution in [0.15, 0.2) is 34.2 Å². The van der Waals surface area contributed by atoms with E-state index in [9.17, 15) is 9.59 Å². The van der Waals surface area contributed by atoms with E-state index < -0.39 is 0 Å². The highest BCUT2D eigenvalue weighted by atomic mass is 32.2. The van der Waals surface area contributed by atoms with Crippen LogP contribution in [0, 0.1) is 0 Å². The average Bonchev–Trinajstić information content (AvgIpc) is 3.32. The van der Waals surface area contributed by atoms with Gasteiger partial charge >= 0.3 is 0 Å². The number of benzene rings is 1. The highest BCUT2D eigenvalue weighted by molar-refractivity contribution is 7.99. The van der Waals surface area contributed by atoms with Crippen LogP contribution in [0.2, 0.25) is 0 Å². The largest absolute Gasteiger partial charge is 0.494 e. The Morgan fingerprint density at radius 1 is 1.15 bits per heavy atom. The number of nitrogens with one attached hydrogen (secondary N) is 1. The molecular weight excluding hydrogens is 466 g/mol. The molecule has 2 heterocycles. The van der Waals surface area contributed by atoms with Crippen LogP contribution in [0.4, 0.5) is 0 Å². The monoisotopic (exact) mass is 497 g/mol. The lowest BCUT2D eigenvalue weighted by Crippen LogP contribution is -2.35. The Morgan fingerprint density at radius 3 is 2.65 bits per heavy atom.